The minimum Gasteiger partial charge on any atom is -0.369 e. The van der Waals surface area contributed by atoms with Crippen molar-refractivity contribution in [3.05, 3.63) is 30.3 Å². The van der Waals surface area contributed by atoms with Crippen molar-refractivity contribution in [1.29, 1.82) is 0 Å². The molecule has 1 atom stereocenters. The van der Waals surface area contributed by atoms with Gasteiger partial charge in [-0.3, -0.25) is 14.6 Å². The Labute approximate surface area is 130 Å². The number of hydrogen-bond donors (Lipinski definition) is 2. The standard InChI is InChI=1S/C14H22NO6P/c1-11(2)9-10-20-15(13-7-5-4-6-8-13)12(3)14(16)21-22(17,18)19/h4-8,11-12H,9-10H2,1-3H3,(H2,17,18,19)/t12-/m0/s1. The number of rotatable bonds is 8. The molecule has 0 fully saturated rings. The molecule has 2 N–H and O–H groups in total. The first kappa shape index (κ1) is 18.6. The van der Waals surface area contributed by atoms with Crippen LogP contribution in [-0.2, 0) is 18.7 Å². The van der Waals surface area contributed by atoms with Gasteiger partial charge in [0, 0.05) is 0 Å². The molecule has 0 saturated heterocycles. The van der Waals surface area contributed by atoms with Crippen molar-refractivity contribution in [3.63, 3.8) is 0 Å². The SMILES string of the molecule is CC(C)CCON(c1ccccc1)[C@@H](C)C(=O)OP(=O)(O)O. The molecule has 0 radical (unpaired) electrons. The topological polar surface area (TPSA) is 96.3 Å². The number of nitrogens with zero attached hydrogens (tertiary/aromatic N) is 1. The Morgan fingerprint density at radius 1 is 1.23 bits per heavy atom. The zero-order chi connectivity index (χ0) is 16.8. The molecular formula is C14H22NO6P. The number of hydrogen-bond acceptors (Lipinski definition) is 5. The van der Waals surface area contributed by atoms with Crippen LogP contribution in [0.1, 0.15) is 27.2 Å². The van der Waals surface area contributed by atoms with Crippen LogP contribution < -0.4 is 5.06 Å². The Morgan fingerprint density at radius 3 is 2.32 bits per heavy atom. The summed E-state index contributed by atoms with van der Waals surface area (Å²) >= 11 is 0. The lowest BCUT2D eigenvalue weighted by Crippen LogP contribution is -2.40. The van der Waals surface area contributed by atoms with Gasteiger partial charge in [-0.05, 0) is 31.4 Å². The van der Waals surface area contributed by atoms with Crippen LogP contribution in [-0.4, -0.2) is 28.4 Å². The predicted octanol–water partition coefficient (Wildman–Crippen LogP) is 2.50. The predicted molar refractivity (Wildman–Crippen MR) is 81.9 cm³/mol. The van der Waals surface area contributed by atoms with E-state index in [1.54, 1.807) is 24.3 Å². The molecular weight excluding hydrogens is 309 g/mol. The molecule has 0 amide bonds. The number of carbonyl (C=O) groups is 1. The Kier molecular flexibility index (Phi) is 7.03. The molecule has 0 saturated carbocycles. The van der Waals surface area contributed by atoms with E-state index in [1.165, 1.54) is 12.0 Å². The van der Waals surface area contributed by atoms with Crippen molar-refractivity contribution in [2.45, 2.75) is 33.2 Å². The van der Waals surface area contributed by atoms with Gasteiger partial charge in [0.05, 0.1) is 12.3 Å². The third kappa shape index (κ3) is 6.58. The monoisotopic (exact) mass is 331 g/mol. The third-order valence-corrected chi connectivity index (χ3v) is 3.26. The first-order valence-corrected chi connectivity index (χ1v) is 8.50. The molecule has 0 heterocycles. The second-order valence-electron chi connectivity index (χ2n) is 5.25. The summed E-state index contributed by atoms with van der Waals surface area (Å²) in [6, 6.07) is 7.83. The average molecular weight is 331 g/mol. The lowest BCUT2D eigenvalue weighted by Gasteiger charge is -2.29. The lowest BCUT2D eigenvalue weighted by molar-refractivity contribution is -0.139. The molecule has 0 spiro atoms. The maximum Gasteiger partial charge on any atom is 0.527 e. The van der Waals surface area contributed by atoms with E-state index in [9.17, 15) is 9.36 Å². The van der Waals surface area contributed by atoms with Crippen molar-refractivity contribution < 1.29 is 28.5 Å². The highest BCUT2D eigenvalue weighted by Gasteiger charge is 2.30. The molecule has 0 unspecified atom stereocenters. The van der Waals surface area contributed by atoms with Gasteiger partial charge >= 0.3 is 13.8 Å². The zero-order valence-corrected chi connectivity index (χ0v) is 13.8. The van der Waals surface area contributed by atoms with Gasteiger partial charge in [0.2, 0.25) is 0 Å². The van der Waals surface area contributed by atoms with Crippen LogP contribution in [0.25, 0.3) is 0 Å². The first-order valence-electron chi connectivity index (χ1n) is 6.97. The lowest BCUT2D eigenvalue weighted by atomic mass is 10.1. The van der Waals surface area contributed by atoms with Gasteiger partial charge in [0.25, 0.3) is 0 Å². The number of hydroxylamine groups is 1. The minimum atomic E-state index is -4.88. The summed E-state index contributed by atoms with van der Waals surface area (Å²) in [5.74, 6) is -0.628. The van der Waals surface area contributed by atoms with Gasteiger partial charge in [-0.15, -0.1) is 0 Å². The smallest absolute Gasteiger partial charge is 0.369 e. The maximum atomic E-state index is 11.8. The highest BCUT2D eigenvalue weighted by molar-refractivity contribution is 7.46. The van der Waals surface area contributed by atoms with E-state index < -0.39 is 19.8 Å². The number of phosphoric acid groups is 1. The number of para-hydroxylation sites is 1. The Bertz CT molecular complexity index is 515. The fourth-order valence-electron chi connectivity index (χ4n) is 1.66. The molecule has 7 nitrogen and oxygen atoms in total. The van der Waals surface area contributed by atoms with Crippen molar-refractivity contribution in [3.8, 4) is 0 Å². The normalized spacial score (nSPS) is 13.0. The molecule has 1 aromatic rings. The molecule has 1 aromatic carbocycles. The van der Waals surface area contributed by atoms with E-state index in [2.05, 4.69) is 4.52 Å². The van der Waals surface area contributed by atoms with Crippen LogP contribution in [0.3, 0.4) is 0 Å². The van der Waals surface area contributed by atoms with E-state index in [0.29, 0.717) is 18.2 Å². The van der Waals surface area contributed by atoms with Crippen LogP contribution in [0.5, 0.6) is 0 Å². The summed E-state index contributed by atoms with van der Waals surface area (Å²) in [4.78, 5) is 34.9. The van der Waals surface area contributed by atoms with Crippen molar-refractivity contribution >= 4 is 19.5 Å². The van der Waals surface area contributed by atoms with E-state index in [4.69, 9.17) is 14.6 Å². The van der Waals surface area contributed by atoms with Gasteiger partial charge < -0.3 is 4.52 Å². The van der Waals surface area contributed by atoms with E-state index in [1.807, 2.05) is 19.9 Å². The third-order valence-electron chi connectivity index (χ3n) is 2.84. The summed E-state index contributed by atoms with van der Waals surface area (Å²) in [6.45, 7) is 5.92. The highest BCUT2D eigenvalue weighted by Crippen LogP contribution is 2.36. The number of anilines is 1. The van der Waals surface area contributed by atoms with Crippen molar-refractivity contribution in [2.75, 3.05) is 11.7 Å². The molecule has 0 aliphatic heterocycles. The van der Waals surface area contributed by atoms with E-state index >= 15 is 0 Å². The van der Waals surface area contributed by atoms with Gasteiger partial charge in [-0.2, -0.15) is 0 Å². The van der Waals surface area contributed by atoms with Crippen molar-refractivity contribution in [2.24, 2.45) is 5.92 Å². The number of phosphoric ester groups is 1. The average Bonchev–Trinajstić information content (AvgIpc) is 2.41. The number of benzene rings is 1. The largest absolute Gasteiger partial charge is 0.527 e. The van der Waals surface area contributed by atoms with Gasteiger partial charge in [-0.1, -0.05) is 32.0 Å². The zero-order valence-electron chi connectivity index (χ0n) is 12.9. The van der Waals surface area contributed by atoms with E-state index in [0.717, 1.165) is 6.42 Å². The summed E-state index contributed by atoms with van der Waals surface area (Å²) < 4.78 is 14.9. The molecule has 0 aliphatic carbocycles. The second kappa shape index (κ2) is 8.29. The highest BCUT2D eigenvalue weighted by atomic mass is 31.2. The van der Waals surface area contributed by atoms with Crippen LogP contribution in [0.15, 0.2) is 30.3 Å². The minimum absolute atomic E-state index is 0.375. The van der Waals surface area contributed by atoms with Crippen molar-refractivity contribution in [1.82, 2.24) is 0 Å². The second-order valence-corrected chi connectivity index (χ2v) is 6.42. The van der Waals surface area contributed by atoms with E-state index in [-0.39, 0.29) is 0 Å². The summed E-state index contributed by atoms with van der Waals surface area (Å²) in [7, 11) is -4.88. The van der Waals surface area contributed by atoms with Gasteiger partial charge in [0.1, 0.15) is 0 Å². The summed E-state index contributed by atoms with van der Waals surface area (Å²) in [5.41, 5.74) is 0.599. The van der Waals surface area contributed by atoms with Crippen LogP contribution in [0.2, 0.25) is 0 Å². The quantitative estimate of drug-likeness (QED) is 0.558. The first-order chi connectivity index (χ1) is 10.2. The Morgan fingerprint density at radius 2 is 1.82 bits per heavy atom. The fraction of sp³-hybridized carbons (Fsp3) is 0.500. The van der Waals surface area contributed by atoms with Gasteiger partial charge in [0.15, 0.2) is 6.04 Å². The summed E-state index contributed by atoms with van der Waals surface area (Å²) in [6.07, 6.45) is 0.781. The van der Waals surface area contributed by atoms with Crippen LogP contribution in [0, 0.1) is 5.92 Å². The Hall–Kier alpha value is -1.40. The molecule has 8 heteroatoms. The molecule has 0 aromatic heterocycles. The van der Waals surface area contributed by atoms with Gasteiger partial charge in [-0.25, -0.2) is 14.4 Å². The molecule has 22 heavy (non-hydrogen) atoms. The maximum absolute atomic E-state index is 11.8. The molecule has 1 rings (SSSR count). The van der Waals surface area contributed by atoms with Crippen LogP contribution in [0.4, 0.5) is 5.69 Å². The van der Waals surface area contributed by atoms with Crippen LogP contribution >= 0.6 is 7.82 Å². The summed E-state index contributed by atoms with van der Waals surface area (Å²) in [5, 5.41) is 1.31. The molecule has 0 aliphatic rings. The fourth-order valence-corrected chi connectivity index (χ4v) is 2.05. The molecule has 124 valence electrons. The Balaban J connectivity index is 2.84. The number of carbonyl (C=O) groups excluding carboxylic acids is 1. The molecule has 0 bridgehead atoms.